The first-order chi connectivity index (χ1) is 9.65. The Bertz CT molecular complexity index is 642. The van der Waals surface area contributed by atoms with Gasteiger partial charge < -0.3 is 4.74 Å². The Morgan fingerprint density at radius 3 is 2.80 bits per heavy atom. The molecular formula is C16H13BrCl2O. The van der Waals surface area contributed by atoms with Gasteiger partial charge in [-0.15, -0.1) is 0 Å². The van der Waals surface area contributed by atoms with E-state index < -0.39 is 0 Å². The highest BCUT2D eigenvalue weighted by atomic mass is 79.9. The Morgan fingerprint density at radius 1 is 1.20 bits per heavy atom. The van der Waals surface area contributed by atoms with Crippen LogP contribution in [0.25, 0.3) is 0 Å². The lowest BCUT2D eigenvalue weighted by Gasteiger charge is -2.15. The first-order valence-electron chi connectivity index (χ1n) is 6.48. The summed E-state index contributed by atoms with van der Waals surface area (Å²) < 4.78 is 5.75. The first-order valence-corrected chi connectivity index (χ1v) is 8.15. The van der Waals surface area contributed by atoms with Crippen molar-refractivity contribution in [2.24, 2.45) is 0 Å². The van der Waals surface area contributed by atoms with Crippen LogP contribution in [0.2, 0.25) is 10.0 Å². The number of alkyl halides is 1. The average Bonchev–Trinajstić information content (AvgIpc) is 2.88. The zero-order valence-electron chi connectivity index (χ0n) is 10.7. The van der Waals surface area contributed by atoms with Crippen LogP contribution in [0.5, 0.6) is 5.75 Å². The molecule has 1 aliphatic rings. The molecule has 1 atom stereocenters. The van der Waals surface area contributed by atoms with Gasteiger partial charge >= 0.3 is 0 Å². The standard InChI is InChI=1S/C16H13BrCl2O/c17-14(8-10-3-1-2-4-15(10)19)13-9-12(18)7-11-5-6-20-16(11)13/h1-4,7,9,14H,5-6,8H2. The molecule has 0 bridgehead atoms. The van der Waals surface area contributed by atoms with Crippen molar-refractivity contribution in [3.8, 4) is 5.75 Å². The highest BCUT2D eigenvalue weighted by molar-refractivity contribution is 9.09. The van der Waals surface area contributed by atoms with Gasteiger partial charge in [0.2, 0.25) is 0 Å². The second-order valence-electron chi connectivity index (χ2n) is 4.84. The summed E-state index contributed by atoms with van der Waals surface area (Å²) in [6.45, 7) is 0.731. The zero-order valence-corrected chi connectivity index (χ0v) is 13.8. The van der Waals surface area contributed by atoms with Gasteiger partial charge in [-0.1, -0.05) is 57.3 Å². The van der Waals surface area contributed by atoms with Crippen molar-refractivity contribution < 1.29 is 4.74 Å². The van der Waals surface area contributed by atoms with Crippen molar-refractivity contribution in [2.45, 2.75) is 17.7 Å². The normalized spacial score (nSPS) is 14.8. The Balaban J connectivity index is 1.92. The van der Waals surface area contributed by atoms with E-state index in [9.17, 15) is 0 Å². The minimum absolute atomic E-state index is 0.132. The van der Waals surface area contributed by atoms with E-state index in [1.165, 1.54) is 5.56 Å². The number of fused-ring (bicyclic) bond motifs is 1. The van der Waals surface area contributed by atoms with E-state index in [0.717, 1.165) is 46.4 Å². The molecule has 2 aromatic rings. The highest BCUT2D eigenvalue weighted by Gasteiger charge is 2.22. The van der Waals surface area contributed by atoms with Crippen LogP contribution in [-0.4, -0.2) is 6.61 Å². The van der Waals surface area contributed by atoms with Gasteiger partial charge in [0.1, 0.15) is 5.75 Å². The smallest absolute Gasteiger partial charge is 0.127 e. The van der Waals surface area contributed by atoms with Crippen LogP contribution < -0.4 is 4.74 Å². The van der Waals surface area contributed by atoms with Gasteiger partial charge in [0.05, 0.1) is 6.61 Å². The summed E-state index contributed by atoms with van der Waals surface area (Å²) in [7, 11) is 0. The molecular weight excluding hydrogens is 359 g/mol. The number of benzene rings is 2. The van der Waals surface area contributed by atoms with Crippen molar-refractivity contribution in [3.05, 3.63) is 63.1 Å². The second kappa shape index (κ2) is 5.97. The molecule has 0 fully saturated rings. The molecule has 20 heavy (non-hydrogen) atoms. The molecule has 2 aromatic carbocycles. The predicted molar refractivity (Wildman–Crippen MR) is 87.5 cm³/mol. The van der Waals surface area contributed by atoms with E-state index in [1.807, 2.05) is 36.4 Å². The van der Waals surface area contributed by atoms with E-state index in [1.54, 1.807) is 0 Å². The summed E-state index contributed by atoms with van der Waals surface area (Å²) >= 11 is 16.2. The number of rotatable bonds is 3. The van der Waals surface area contributed by atoms with Gasteiger partial charge in [0.25, 0.3) is 0 Å². The molecule has 0 N–H and O–H groups in total. The molecule has 0 spiro atoms. The third-order valence-electron chi connectivity index (χ3n) is 3.47. The summed E-state index contributed by atoms with van der Waals surface area (Å²) in [4.78, 5) is 0.132. The SMILES string of the molecule is Clc1cc2c(c(C(Br)Cc3ccccc3Cl)c1)OCC2. The number of hydrogen-bond acceptors (Lipinski definition) is 1. The average molecular weight is 372 g/mol. The lowest BCUT2D eigenvalue weighted by molar-refractivity contribution is 0.353. The fourth-order valence-electron chi connectivity index (χ4n) is 2.50. The van der Waals surface area contributed by atoms with Crippen LogP contribution in [0.4, 0.5) is 0 Å². The molecule has 0 saturated heterocycles. The molecule has 4 heteroatoms. The topological polar surface area (TPSA) is 9.23 Å². The van der Waals surface area contributed by atoms with E-state index in [-0.39, 0.29) is 4.83 Å². The highest BCUT2D eigenvalue weighted by Crippen LogP contribution is 2.41. The minimum atomic E-state index is 0.132. The van der Waals surface area contributed by atoms with E-state index in [4.69, 9.17) is 27.9 Å². The summed E-state index contributed by atoms with van der Waals surface area (Å²) in [5.41, 5.74) is 3.41. The number of halogens is 3. The molecule has 1 nitrogen and oxygen atoms in total. The summed E-state index contributed by atoms with van der Waals surface area (Å²) in [6, 6.07) is 11.9. The summed E-state index contributed by atoms with van der Waals surface area (Å²) in [5.74, 6) is 0.975. The molecule has 1 aliphatic heterocycles. The van der Waals surface area contributed by atoms with Crippen molar-refractivity contribution >= 4 is 39.1 Å². The fourth-order valence-corrected chi connectivity index (χ4v) is 3.65. The number of ether oxygens (including phenoxy) is 1. The van der Waals surface area contributed by atoms with Gasteiger partial charge in [-0.25, -0.2) is 0 Å². The zero-order chi connectivity index (χ0) is 14.1. The van der Waals surface area contributed by atoms with Gasteiger partial charge in [-0.2, -0.15) is 0 Å². The van der Waals surface area contributed by atoms with Crippen LogP contribution in [-0.2, 0) is 12.8 Å². The van der Waals surface area contributed by atoms with Crippen LogP contribution in [0.1, 0.15) is 21.5 Å². The van der Waals surface area contributed by atoms with E-state index in [0.29, 0.717) is 0 Å². The molecule has 3 rings (SSSR count). The Morgan fingerprint density at radius 2 is 2.00 bits per heavy atom. The van der Waals surface area contributed by atoms with Gasteiger partial charge in [-0.3, -0.25) is 0 Å². The molecule has 0 radical (unpaired) electrons. The Kier molecular flexibility index (Phi) is 4.25. The molecule has 0 amide bonds. The maximum Gasteiger partial charge on any atom is 0.127 e. The quantitative estimate of drug-likeness (QED) is 0.637. The van der Waals surface area contributed by atoms with Gasteiger partial charge in [-0.05, 0) is 35.7 Å². The Hall–Kier alpha value is -0.700. The third-order valence-corrected chi connectivity index (χ3v) is 4.88. The van der Waals surface area contributed by atoms with E-state index in [2.05, 4.69) is 15.9 Å². The lowest BCUT2D eigenvalue weighted by Crippen LogP contribution is -1.99. The first kappa shape index (κ1) is 14.2. The lowest BCUT2D eigenvalue weighted by atomic mass is 10.0. The largest absolute Gasteiger partial charge is 0.493 e. The molecule has 1 heterocycles. The monoisotopic (exact) mass is 370 g/mol. The predicted octanol–water partition coefficient (Wildman–Crippen LogP) is 5.61. The van der Waals surface area contributed by atoms with Crippen LogP contribution in [0.3, 0.4) is 0 Å². The van der Waals surface area contributed by atoms with Crippen molar-refractivity contribution in [1.82, 2.24) is 0 Å². The maximum atomic E-state index is 6.23. The summed E-state index contributed by atoms with van der Waals surface area (Å²) in [6.07, 6.45) is 1.73. The van der Waals surface area contributed by atoms with Crippen LogP contribution >= 0.6 is 39.1 Å². The minimum Gasteiger partial charge on any atom is -0.493 e. The molecule has 0 aromatic heterocycles. The maximum absolute atomic E-state index is 6.23. The van der Waals surface area contributed by atoms with Crippen molar-refractivity contribution in [2.75, 3.05) is 6.61 Å². The molecule has 0 aliphatic carbocycles. The van der Waals surface area contributed by atoms with Gasteiger partial charge in [0, 0.05) is 26.9 Å². The summed E-state index contributed by atoms with van der Waals surface area (Å²) in [5, 5.41) is 1.55. The van der Waals surface area contributed by atoms with Crippen molar-refractivity contribution in [3.63, 3.8) is 0 Å². The second-order valence-corrected chi connectivity index (χ2v) is 6.79. The van der Waals surface area contributed by atoms with Crippen molar-refractivity contribution in [1.29, 1.82) is 0 Å². The fraction of sp³-hybridized carbons (Fsp3) is 0.250. The third kappa shape index (κ3) is 2.83. The van der Waals surface area contributed by atoms with Crippen LogP contribution in [0.15, 0.2) is 36.4 Å². The molecule has 0 saturated carbocycles. The molecule has 1 unspecified atom stereocenters. The molecule has 104 valence electrons. The number of hydrogen-bond donors (Lipinski definition) is 0. The van der Waals surface area contributed by atoms with Gasteiger partial charge in [0.15, 0.2) is 0 Å². The van der Waals surface area contributed by atoms with E-state index >= 15 is 0 Å². The Labute approximate surface area is 137 Å². The van der Waals surface area contributed by atoms with Crippen LogP contribution in [0, 0.1) is 0 Å².